The van der Waals surface area contributed by atoms with Crippen molar-refractivity contribution in [3.8, 4) is 17.0 Å². The minimum atomic E-state index is -0.981. The Labute approximate surface area is 229 Å². The number of benzene rings is 3. The van der Waals surface area contributed by atoms with E-state index in [9.17, 15) is 4.79 Å². The van der Waals surface area contributed by atoms with Gasteiger partial charge in [0, 0.05) is 11.5 Å². The second kappa shape index (κ2) is 11.3. The Morgan fingerprint density at radius 3 is 2.42 bits per heavy atom. The molecular formula is C29H24Cl2N2O5. The molecule has 0 spiro atoms. The summed E-state index contributed by atoms with van der Waals surface area (Å²) in [7, 11) is 0. The van der Waals surface area contributed by atoms with Crippen molar-refractivity contribution in [1.82, 2.24) is 5.16 Å². The molecule has 38 heavy (non-hydrogen) atoms. The Bertz CT molecular complexity index is 1470. The molecule has 0 bridgehead atoms. The van der Waals surface area contributed by atoms with E-state index < -0.39 is 5.97 Å². The highest BCUT2D eigenvalue weighted by Gasteiger charge is 2.33. The lowest BCUT2D eigenvalue weighted by Crippen LogP contribution is -2.01. The number of aromatic nitrogens is 1. The Hall–Kier alpha value is -3.81. The van der Waals surface area contributed by atoms with E-state index in [0.717, 1.165) is 35.3 Å². The fraction of sp³-hybridized carbons (Fsp3) is 0.207. The highest BCUT2D eigenvalue weighted by molar-refractivity contribution is 6.39. The molecule has 1 N–H and O–H groups in total. The lowest BCUT2D eigenvalue weighted by molar-refractivity contribution is 0.0696. The maximum Gasteiger partial charge on any atom is 0.335 e. The van der Waals surface area contributed by atoms with E-state index in [1.54, 1.807) is 36.4 Å². The summed E-state index contributed by atoms with van der Waals surface area (Å²) in [5.74, 6) is 0.850. The first-order valence-corrected chi connectivity index (χ1v) is 12.8. The van der Waals surface area contributed by atoms with Crippen LogP contribution in [0, 0.1) is 0 Å². The quantitative estimate of drug-likeness (QED) is 0.160. The van der Waals surface area contributed by atoms with Crippen LogP contribution in [0.1, 0.15) is 58.5 Å². The summed E-state index contributed by atoms with van der Waals surface area (Å²) < 4.78 is 11.8. The summed E-state index contributed by atoms with van der Waals surface area (Å²) in [5, 5.41) is 18.6. The molecule has 0 atom stereocenters. The third-order valence-corrected chi connectivity index (χ3v) is 6.86. The van der Waals surface area contributed by atoms with Crippen molar-refractivity contribution in [2.45, 2.75) is 38.9 Å². The standard InChI is InChI=1S/C29H24Cl2N2O5/c1-17(32-37-15-18-4-2-5-21(14-18)29(34)35)19-10-12-22(13-11-19)36-16-23-27(33-38-28(23)20-8-9-20)26-24(30)6-3-7-25(26)31/h2-7,10-14,20H,8-9,15-16H2,1H3,(H,34,35)/b32-17+. The Morgan fingerprint density at radius 2 is 1.74 bits per heavy atom. The van der Waals surface area contributed by atoms with E-state index in [1.807, 2.05) is 31.2 Å². The van der Waals surface area contributed by atoms with Crippen molar-refractivity contribution >= 4 is 34.9 Å². The van der Waals surface area contributed by atoms with Crippen LogP contribution in [0.4, 0.5) is 0 Å². The van der Waals surface area contributed by atoms with Crippen LogP contribution in [-0.4, -0.2) is 21.9 Å². The molecule has 1 aliphatic carbocycles. The molecule has 194 valence electrons. The predicted octanol–water partition coefficient (Wildman–Crippen LogP) is 7.74. The number of ether oxygens (including phenoxy) is 1. The number of hydrogen-bond acceptors (Lipinski definition) is 6. The highest BCUT2D eigenvalue weighted by Crippen LogP contribution is 2.46. The summed E-state index contributed by atoms with van der Waals surface area (Å²) in [6.07, 6.45) is 2.11. The molecule has 3 aromatic carbocycles. The third-order valence-electron chi connectivity index (χ3n) is 6.23. The second-order valence-corrected chi connectivity index (χ2v) is 9.83. The molecule has 0 radical (unpaired) electrons. The van der Waals surface area contributed by atoms with Gasteiger partial charge in [-0.15, -0.1) is 0 Å². The molecule has 7 nitrogen and oxygen atoms in total. The van der Waals surface area contributed by atoms with E-state index in [1.165, 1.54) is 6.07 Å². The number of nitrogens with zero attached hydrogens (tertiary/aromatic N) is 2. The maximum atomic E-state index is 11.1. The van der Waals surface area contributed by atoms with Gasteiger partial charge in [0.15, 0.2) is 0 Å². The fourth-order valence-electron chi connectivity index (χ4n) is 4.05. The zero-order valence-corrected chi connectivity index (χ0v) is 22.0. The first kappa shape index (κ1) is 25.8. The van der Waals surface area contributed by atoms with Gasteiger partial charge in [0.25, 0.3) is 0 Å². The number of hydrogen-bond donors (Lipinski definition) is 1. The predicted molar refractivity (Wildman–Crippen MR) is 145 cm³/mol. The molecule has 0 saturated heterocycles. The van der Waals surface area contributed by atoms with Crippen LogP contribution in [-0.2, 0) is 18.1 Å². The van der Waals surface area contributed by atoms with Crippen molar-refractivity contribution in [1.29, 1.82) is 0 Å². The lowest BCUT2D eigenvalue weighted by atomic mass is 10.0. The summed E-state index contributed by atoms with van der Waals surface area (Å²) in [6, 6.07) is 19.4. The van der Waals surface area contributed by atoms with E-state index in [0.29, 0.717) is 38.7 Å². The van der Waals surface area contributed by atoms with Crippen molar-refractivity contribution in [3.05, 3.63) is 105 Å². The molecule has 1 saturated carbocycles. The number of carboxylic acid groups (broad SMARTS) is 1. The molecule has 1 aliphatic rings. The van der Waals surface area contributed by atoms with Crippen molar-refractivity contribution in [2.24, 2.45) is 5.16 Å². The molecule has 9 heteroatoms. The zero-order chi connectivity index (χ0) is 26.6. The molecule has 0 unspecified atom stereocenters. The number of aromatic carboxylic acids is 1. The van der Waals surface area contributed by atoms with Crippen LogP contribution in [0.15, 0.2) is 76.4 Å². The minimum Gasteiger partial charge on any atom is -0.489 e. The number of halogens is 2. The number of carboxylic acids is 1. The van der Waals surface area contributed by atoms with Crippen LogP contribution in [0.2, 0.25) is 10.0 Å². The Kier molecular flexibility index (Phi) is 7.67. The first-order valence-electron chi connectivity index (χ1n) is 12.1. The SMILES string of the molecule is C/C(=N\OCc1cccc(C(=O)O)c1)c1ccc(OCc2c(-c3c(Cl)cccc3Cl)noc2C2CC2)cc1. The summed E-state index contributed by atoms with van der Waals surface area (Å²) in [6.45, 7) is 2.26. The van der Waals surface area contributed by atoms with Gasteiger partial charge in [0.2, 0.25) is 0 Å². The van der Waals surface area contributed by atoms with Crippen molar-refractivity contribution in [3.63, 3.8) is 0 Å². The van der Waals surface area contributed by atoms with Gasteiger partial charge in [-0.3, -0.25) is 0 Å². The van der Waals surface area contributed by atoms with Crippen LogP contribution >= 0.6 is 23.2 Å². The molecule has 0 amide bonds. The van der Waals surface area contributed by atoms with E-state index in [-0.39, 0.29) is 18.8 Å². The lowest BCUT2D eigenvalue weighted by Gasteiger charge is -2.10. The molecule has 4 aromatic rings. The summed E-state index contributed by atoms with van der Waals surface area (Å²) >= 11 is 12.9. The summed E-state index contributed by atoms with van der Waals surface area (Å²) in [4.78, 5) is 16.6. The van der Waals surface area contributed by atoms with Gasteiger partial charge in [-0.25, -0.2) is 4.79 Å². The van der Waals surface area contributed by atoms with Gasteiger partial charge in [0.05, 0.1) is 26.9 Å². The number of rotatable bonds is 10. The van der Waals surface area contributed by atoms with E-state index in [2.05, 4.69) is 10.3 Å². The molecule has 1 heterocycles. The number of carbonyl (C=O) groups is 1. The van der Waals surface area contributed by atoms with Crippen molar-refractivity contribution < 1.29 is 24.0 Å². The average molecular weight is 551 g/mol. The van der Waals surface area contributed by atoms with Crippen LogP contribution in [0.3, 0.4) is 0 Å². The fourth-order valence-corrected chi connectivity index (χ4v) is 4.62. The topological polar surface area (TPSA) is 94.2 Å². The summed E-state index contributed by atoms with van der Waals surface area (Å²) in [5.41, 5.74) is 4.57. The first-order chi connectivity index (χ1) is 18.4. The molecule has 1 aromatic heterocycles. The minimum absolute atomic E-state index is 0.166. The number of oxime groups is 1. The normalized spacial score (nSPS) is 13.4. The van der Waals surface area contributed by atoms with Gasteiger partial charge >= 0.3 is 5.97 Å². The average Bonchev–Trinajstić information content (AvgIpc) is 3.68. The van der Waals surface area contributed by atoms with Crippen molar-refractivity contribution in [2.75, 3.05) is 0 Å². The molecular weight excluding hydrogens is 527 g/mol. The monoisotopic (exact) mass is 550 g/mol. The van der Waals surface area contributed by atoms with E-state index in [4.69, 9.17) is 42.4 Å². The van der Waals surface area contributed by atoms with Gasteiger partial charge in [-0.2, -0.15) is 0 Å². The van der Waals surface area contributed by atoms with Gasteiger partial charge in [-0.1, -0.05) is 51.7 Å². The zero-order valence-electron chi connectivity index (χ0n) is 20.5. The Balaban J connectivity index is 1.25. The molecule has 5 rings (SSSR count). The van der Waals surface area contributed by atoms with E-state index >= 15 is 0 Å². The Morgan fingerprint density at radius 1 is 1.03 bits per heavy atom. The molecule has 0 aliphatic heterocycles. The third kappa shape index (κ3) is 5.85. The van der Waals surface area contributed by atoms with Crippen LogP contribution in [0.25, 0.3) is 11.3 Å². The van der Waals surface area contributed by atoms with Gasteiger partial charge in [0.1, 0.15) is 30.4 Å². The molecule has 1 fully saturated rings. The largest absolute Gasteiger partial charge is 0.489 e. The maximum absolute atomic E-state index is 11.1. The second-order valence-electron chi connectivity index (χ2n) is 9.01. The highest BCUT2D eigenvalue weighted by atomic mass is 35.5. The smallest absolute Gasteiger partial charge is 0.335 e. The van der Waals surface area contributed by atoms with Crippen LogP contribution in [0.5, 0.6) is 5.75 Å². The van der Waals surface area contributed by atoms with Crippen LogP contribution < -0.4 is 4.74 Å². The van der Waals surface area contributed by atoms with Gasteiger partial charge in [-0.05, 0) is 79.4 Å². The van der Waals surface area contributed by atoms with Gasteiger partial charge < -0.3 is 19.2 Å².